The van der Waals surface area contributed by atoms with Crippen molar-refractivity contribution in [1.29, 1.82) is 0 Å². The Hall–Kier alpha value is -0.600. The lowest BCUT2D eigenvalue weighted by Gasteiger charge is -2.32. The molecule has 1 aliphatic rings. The highest BCUT2D eigenvalue weighted by atomic mass is 35.5. The summed E-state index contributed by atoms with van der Waals surface area (Å²) in [5.41, 5.74) is 0.817. The van der Waals surface area contributed by atoms with Gasteiger partial charge in [0.2, 0.25) is 0 Å². The van der Waals surface area contributed by atoms with Gasteiger partial charge in [-0.3, -0.25) is 0 Å². The molecule has 0 bridgehead atoms. The summed E-state index contributed by atoms with van der Waals surface area (Å²) in [6.07, 6.45) is 5.93. The van der Waals surface area contributed by atoms with Crippen molar-refractivity contribution in [3.63, 3.8) is 0 Å². The molecule has 19 heavy (non-hydrogen) atoms. The van der Waals surface area contributed by atoms with Crippen molar-refractivity contribution < 1.29 is 4.39 Å². The van der Waals surface area contributed by atoms with Crippen LogP contribution in [0, 0.1) is 17.7 Å². The van der Waals surface area contributed by atoms with Crippen molar-refractivity contribution in [2.45, 2.75) is 39.0 Å². The lowest BCUT2D eigenvalue weighted by Crippen LogP contribution is -2.31. The molecule has 1 nitrogen and oxygen atoms in total. The van der Waals surface area contributed by atoms with E-state index < -0.39 is 0 Å². The zero-order valence-electron chi connectivity index (χ0n) is 11.6. The SMILES string of the molecule is CCNCC1CCCCC1Cc1ccc(Cl)cc1F. The largest absolute Gasteiger partial charge is 0.317 e. The van der Waals surface area contributed by atoms with Gasteiger partial charge in [0.05, 0.1) is 0 Å². The van der Waals surface area contributed by atoms with Crippen LogP contribution >= 0.6 is 11.6 Å². The highest BCUT2D eigenvalue weighted by Crippen LogP contribution is 2.33. The Labute approximate surface area is 120 Å². The maximum Gasteiger partial charge on any atom is 0.127 e. The summed E-state index contributed by atoms with van der Waals surface area (Å²) in [7, 11) is 0. The lowest BCUT2D eigenvalue weighted by molar-refractivity contribution is 0.228. The Bertz CT molecular complexity index is 408. The van der Waals surface area contributed by atoms with E-state index in [1.165, 1.54) is 31.7 Å². The van der Waals surface area contributed by atoms with Crippen molar-refractivity contribution >= 4 is 11.6 Å². The zero-order valence-corrected chi connectivity index (χ0v) is 12.3. The molecule has 2 atom stereocenters. The fraction of sp³-hybridized carbons (Fsp3) is 0.625. The molecular formula is C16H23ClFN. The first-order chi connectivity index (χ1) is 9.20. The normalized spacial score (nSPS) is 23.5. The summed E-state index contributed by atoms with van der Waals surface area (Å²) >= 11 is 5.81. The molecule has 2 rings (SSSR count). The van der Waals surface area contributed by atoms with Crippen LogP contribution in [0.5, 0.6) is 0 Å². The van der Waals surface area contributed by atoms with Gasteiger partial charge in [0.15, 0.2) is 0 Å². The molecule has 1 fully saturated rings. The van der Waals surface area contributed by atoms with Gasteiger partial charge in [0.25, 0.3) is 0 Å². The summed E-state index contributed by atoms with van der Waals surface area (Å²) < 4.78 is 13.9. The van der Waals surface area contributed by atoms with Crippen LogP contribution in [0.25, 0.3) is 0 Å². The van der Waals surface area contributed by atoms with E-state index in [1.54, 1.807) is 6.07 Å². The van der Waals surface area contributed by atoms with E-state index in [1.807, 2.05) is 6.07 Å². The number of halogens is 2. The minimum atomic E-state index is -0.153. The van der Waals surface area contributed by atoms with Crippen molar-refractivity contribution in [3.05, 3.63) is 34.6 Å². The maximum absolute atomic E-state index is 13.9. The van der Waals surface area contributed by atoms with Crippen molar-refractivity contribution in [2.24, 2.45) is 11.8 Å². The predicted octanol–water partition coefficient (Wildman–Crippen LogP) is 4.44. The first kappa shape index (κ1) is 14.8. The highest BCUT2D eigenvalue weighted by Gasteiger charge is 2.25. The van der Waals surface area contributed by atoms with Gasteiger partial charge in [-0.05, 0) is 61.9 Å². The third-order valence-electron chi connectivity index (χ3n) is 4.22. The molecule has 0 aliphatic heterocycles. The van der Waals surface area contributed by atoms with Gasteiger partial charge in [0.1, 0.15) is 5.82 Å². The van der Waals surface area contributed by atoms with Crippen LogP contribution in [-0.4, -0.2) is 13.1 Å². The second-order valence-electron chi connectivity index (χ2n) is 5.55. The van der Waals surface area contributed by atoms with E-state index in [4.69, 9.17) is 11.6 Å². The van der Waals surface area contributed by atoms with Crippen LogP contribution in [0.4, 0.5) is 4.39 Å². The van der Waals surface area contributed by atoms with Gasteiger partial charge in [-0.2, -0.15) is 0 Å². The molecule has 1 saturated carbocycles. The van der Waals surface area contributed by atoms with Gasteiger partial charge in [-0.25, -0.2) is 4.39 Å². The summed E-state index contributed by atoms with van der Waals surface area (Å²) in [4.78, 5) is 0. The summed E-state index contributed by atoms with van der Waals surface area (Å²) in [5, 5.41) is 3.92. The molecule has 1 aromatic carbocycles. The van der Waals surface area contributed by atoms with E-state index in [-0.39, 0.29) is 5.82 Å². The second kappa shape index (κ2) is 7.25. The molecule has 1 aromatic rings. The predicted molar refractivity (Wildman–Crippen MR) is 79.1 cm³/mol. The van der Waals surface area contributed by atoms with Crippen LogP contribution in [0.1, 0.15) is 38.2 Å². The van der Waals surface area contributed by atoms with Gasteiger partial charge in [-0.1, -0.05) is 37.4 Å². The van der Waals surface area contributed by atoms with E-state index in [0.29, 0.717) is 16.9 Å². The topological polar surface area (TPSA) is 12.0 Å². The van der Waals surface area contributed by atoms with Crippen molar-refractivity contribution in [3.8, 4) is 0 Å². The average Bonchev–Trinajstić information content (AvgIpc) is 2.41. The minimum absolute atomic E-state index is 0.153. The van der Waals surface area contributed by atoms with Gasteiger partial charge in [0, 0.05) is 5.02 Å². The van der Waals surface area contributed by atoms with E-state index >= 15 is 0 Å². The standard InChI is InChI=1S/C16H23ClFN/c1-2-19-11-14-6-4-3-5-12(14)9-13-7-8-15(17)10-16(13)18/h7-8,10,12,14,19H,2-6,9,11H2,1H3. The molecule has 0 heterocycles. The van der Waals surface area contributed by atoms with Crippen LogP contribution in [-0.2, 0) is 6.42 Å². The Morgan fingerprint density at radius 3 is 2.68 bits per heavy atom. The molecule has 0 aromatic heterocycles. The van der Waals surface area contributed by atoms with E-state index in [0.717, 1.165) is 25.1 Å². The smallest absolute Gasteiger partial charge is 0.127 e. The van der Waals surface area contributed by atoms with Crippen LogP contribution < -0.4 is 5.32 Å². The Balaban J connectivity index is 2.02. The Morgan fingerprint density at radius 2 is 2.00 bits per heavy atom. The highest BCUT2D eigenvalue weighted by molar-refractivity contribution is 6.30. The average molecular weight is 284 g/mol. The second-order valence-corrected chi connectivity index (χ2v) is 5.99. The first-order valence-electron chi connectivity index (χ1n) is 7.35. The van der Waals surface area contributed by atoms with E-state index in [9.17, 15) is 4.39 Å². The van der Waals surface area contributed by atoms with Gasteiger partial charge in [-0.15, -0.1) is 0 Å². The van der Waals surface area contributed by atoms with Crippen LogP contribution in [0.15, 0.2) is 18.2 Å². The fourth-order valence-electron chi connectivity index (χ4n) is 3.12. The molecular weight excluding hydrogens is 261 g/mol. The third-order valence-corrected chi connectivity index (χ3v) is 4.46. The lowest BCUT2D eigenvalue weighted by atomic mass is 9.76. The molecule has 1 N–H and O–H groups in total. The Kier molecular flexibility index (Phi) is 5.65. The molecule has 0 saturated heterocycles. The zero-order chi connectivity index (χ0) is 13.7. The number of hydrogen-bond acceptors (Lipinski definition) is 1. The minimum Gasteiger partial charge on any atom is -0.317 e. The number of nitrogens with one attached hydrogen (secondary N) is 1. The van der Waals surface area contributed by atoms with Gasteiger partial charge >= 0.3 is 0 Å². The van der Waals surface area contributed by atoms with Crippen molar-refractivity contribution in [2.75, 3.05) is 13.1 Å². The van der Waals surface area contributed by atoms with Gasteiger partial charge < -0.3 is 5.32 Å². The molecule has 3 heteroatoms. The molecule has 0 radical (unpaired) electrons. The fourth-order valence-corrected chi connectivity index (χ4v) is 3.28. The summed E-state index contributed by atoms with van der Waals surface area (Å²) in [6.45, 7) is 4.21. The van der Waals surface area contributed by atoms with Crippen molar-refractivity contribution in [1.82, 2.24) is 5.32 Å². The van der Waals surface area contributed by atoms with Crippen LogP contribution in [0.3, 0.4) is 0 Å². The Morgan fingerprint density at radius 1 is 1.26 bits per heavy atom. The maximum atomic E-state index is 13.9. The summed E-state index contributed by atoms with van der Waals surface area (Å²) in [6, 6.07) is 5.07. The number of hydrogen-bond donors (Lipinski definition) is 1. The molecule has 1 aliphatic carbocycles. The summed E-state index contributed by atoms with van der Waals surface area (Å²) in [5.74, 6) is 1.13. The quantitative estimate of drug-likeness (QED) is 0.842. The van der Waals surface area contributed by atoms with Crippen LogP contribution in [0.2, 0.25) is 5.02 Å². The van der Waals surface area contributed by atoms with E-state index in [2.05, 4.69) is 12.2 Å². The molecule has 106 valence electrons. The third kappa shape index (κ3) is 4.19. The molecule has 0 spiro atoms. The number of rotatable bonds is 5. The molecule has 2 unspecified atom stereocenters. The number of benzene rings is 1. The molecule has 0 amide bonds. The monoisotopic (exact) mass is 283 g/mol. The first-order valence-corrected chi connectivity index (χ1v) is 7.73.